The van der Waals surface area contributed by atoms with Crippen LogP contribution in [0.1, 0.15) is 0 Å². The number of hydrogen-bond acceptors (Lipinski definition) is 1. The lowest BCUT2D eigenvalue weighted by Crippen LogP contribution is -1.90. The summed E-state index contributed by atoms with van der Waals surface area (Å²) in [6.45, 7) is 0. The molecule has 38 heavy (non-hydrogen) atoms. The Balaban J connectivity index is 1.51. The third-order valence-corrected chi connectivity index (χ3v) is 7.72. The zero-order chi connectivity index (χ0) is 25.9. The Bertz CT molecular complexity index is 1660. The maximum absolute atomic E-state index is 6.66. The molecule has 0 bridgehead atoms. The van der Waals surface area contributed by atoms with Gasteiger partial charge in [0.25, 0.3) is 0 Å². The Morgan fingerprint density at radius 3 is 1.58 bits per heavy atom. The van der Waals surface area contributed by atoms with Crippen molar-refractivity contribution in [1.29, 1.82) is 0 Å². The monoisotopic (exact) mass is 571 g/mol. The summed E-state index contributed by atoms with van der Waals surface area (Å²) < 4.78 is 1.06. The average Bonchev–Trinajstić information content (AvgIpc) is 2.98. The van der Waals surface area contributed by atoms with Crippen molar-refractivity contribution in [2.75, 3.05) is 0 Å². The SMILES string of the molecule is Clc1ccccc1-c1cc(-c2ccccc2Br)cc(-c2ccccc2-c2ccc(-c3ccccn3)cc2)c1. The molecule has 0 unspecified atom stereocenters. The van der Waals surface area contributed by atoms with Crippen molar-refractivity contribution < 1.29 is 0 Å². The van der Waals surface area contributed by atoms with Crippen LogP contribution in [0.3, 0.4) is 0 Å². The van der Waals surface area contributed by atoms with E-state index in [1.807, 2.05) is 48.7 Å². The largest absolute Gasteiger partial charge is 0.256 e. The van der Waals surface area contributed by atoms with Crippen molar-refractivity contribution in [3.63, 3.8) is 0 Å². The van der Waals surface area contributed by atoms with Gasteiger partial charge in [0.2, 0.25) is 0 Å². The molecule has 0 amide bonds. The number of aromatic nitrogens is 1. The highest BCUT2D eigenvalue weighted by Crippen LogP contribution is 2.40. The van der Waals surface area contributed by atoms with Gasteiger partial charge in [-0.15, -0.1) is 0 Å². The molecule has 1 aromatic heterocycles. The van der Waals surface area contributed by atoms with Crippen molar-refractivity contribution in [3.8, 4) is 55.8 Å². The Kier molecular flexibility index (Phi) is 6.92. The summed E-state index contributed by atoms with van der Waals surface area (Å²) in [6, 6.07) is 46.3. The third-order valence-electron chi connectivity index (χ3n) is 6.70. The van der Waals surface area contributed by atoms with Crippen LogP contribution in [-0.4, -0.2) is 4.98 Å². The summed E-state index contributed by atoms with van der Waals surface area (Å²) in [4.78, 5) is 4.49. The summed E-state index contributed by atoms with van der Waals surface area (Å²) in [5.74, 6) is 0. The zero-order valence-corrected chi connectivity index (χ0v) is 22.8. The van der Waals surface area contributed by atoms with Crippen LogP contribution in [0.25, 0.3) is 55.8 Å². The summed E-state index contributed by atoms with van der Waals surface area (Å²) >= 11 is 10.4. The number of hydrogen-bond donors (Lipinski definition) is 0. The fourth-order valence-corrected chi connectivity index (χ4v) is 5.58. The molecule has 0 fully saturated rings. The fraction of sp³-hybridized carbons (Fsp3) is 0. The summed E-state index contributed by atoms with van der Waals surface area (Å²) in [6.07, 6.45) is 1.83. The highest BCUT2D eigenvalue weighted by atomic mass is 79.9. The minimum absolute atomic E-state index is 0.737. The lowest BCUT2D eigenvalue weighted by atomic mass is 9.89. The van der Waals surface area contributed by atoms with Crippen LogP contribution in [0, 0.1) is 0 Å². The molecule has 1 heterocycles. The van der Waals surface area contributed by atoms with Crippen LogP contribution in [0.15, 0.2) is 144 Å². The minimum Gasteiger partial charge on any atom is -0.256 e. The lowest BCUT2D eigenvalue weighted by Gasteiger charge is -2.16. The van der Waals surface area contributed by atoms with Gasteiger partial charge in [-0.25, -0.2) is 0 Å². The van der Waals surface area contributed by atoms with Gasteiger partial charge in [0, 0.05) is 26.8 Å². The molecule has 0 aliphatic heterocycles. The molecule has 0 atom stereocenters. The first kappa shape index (κ1) is 24.4. The van der Waals surface area contributed by atoms with Gasteiger partial charge >= 0.3 is 0 Å². The van der Waals surface area contributed by atoms with Gasteiger partial charge < -0.3 is 0 Å². The van der Waals surface area contributed by atoms with Crippen molar-refractivity contribution in [2.45, 2.75) is 0 Å². The number of pyridine rings is 1. The molecular formula is C35H23BrClN. The first-order valence-corrected chi connectivity index (χ1v) is 13.6. The number of nitrogens with zero attached hydrogens (tertiary/aromatic N) is 1. The molecule has 0 saturated heterocycles. The molecule has 0 aliphatic carbocycles. The molecule has 5 aromatic carbocycles. The number of halogens is 2. The minimum atomic E-state index is 0.737. The second-order valence-corrected chi connectivity index (χ2v) is 10.4. The van der Waals surface area contributed by atoms with E-state index in [0.717, 1.165) is 54.1 Å². The van der Waals surface area contributed by atoms with Crippen molar-refractivity contribution in [3.05, 3.63) is 149 Å². The van der Waals surface area contributed by atoms with E-state index >= 15 is 0 Å². The Hall–Kier alpha value is -3.98. The first-order valence-electron chi connectivity index (χ1n) is 12.4. The van der Waals surface area contributed by atoms with Gasteiger partial charge in [-0.2, -0.15) is 0 Å². The molecule has 1 nitrogen and oxygen atoms in total. The zero-order valence-electron chi connectivity index (χ0n) is 20.5. The summed E-state index contributed by atoms with van der Waals surface area (Å²) in [7, 11) is 0. The quantitative estimate of drug-likeness (QED) is 0.200. The molecule has 182 valence electrons. The van der Waals surface area contributed by atoms with Gasteiger partial charge in [0.15, 0.2) is 0 Å². The van der Waals surface area contributed by atoms with E-state index in [-0.39, 0.29) is 0 Å². The fourth-order valence-electron chi connectivity index (χ4n) is 4.83. The Morgan fingerprint density at radius 1 is 0.447 bits per heavy atom. The van der Waals surface area contributed by atoms with Gasteiger partial charge in [-0.1, -0.05) is 119 Å². The highest BCUT2D eigenvalue weighted by molar-refractivity contribution is 9.10. The Labute approximate surface area is 236 Å². The topological polar surface area (TPSA) is 12.9 Å². The van der Waals surface area contributed by atoms with Gasteiger partial charge in [-0.3, -0.25) is 4.98 Å². The predicted octanol–water partition coefficient (Wildman–Crippen LogP) is 10.8. The van der Waals surface area contributed by atoms with E-state index in [1.54, 1.807) is 0 Å². The highest BCUT2D eigenvalue weighted by Gasteiger charge is 2.14. The lowest BCUT2D eigenvalue weighted by molar-refractivity contribution is 1.33. The third kappa shape index (κ3) is 4.93. The van der Waals surface area contributed by atoms with Crippen LogP contribution in [0.5, 0.6) is 0 Å². The van der Waals surface area contributed by atoms with Crippen LogP contribution < -0.4 is 0 Å². The predicted molar refractivity (Wildman–Crippen MR) is 164 cm³/mol. The van der Waals surface area contributed by atoms with E-state index in [2.05, 4.69) is 112 Å². The normalized spacial score (nSPS) is 10.9. The molecule has 0 spiro atoms. The standard InChI is InChI=1S/C35H23BrClN/c36-33-13-5-3-11-31(33)27-21-26(22-28(23-27)32-12-4-6-14-34(32)37)30-10-2-1-9-29(30)24-16-18-25(19-17-24)35-15-7-8-20-38-35/h1-23H. The van der Waals surface area contributed by atoms with E-state index in [0.29, 0.717) is 0 Å². The maximum atomic E-state index is 6.66. The van der Waals surface area contributed by atoms with Crippen LogP contribution >= 0.6 is 27.5 Å². The molecule has 0 saturated carbocycles. The molecule has 6 aromatic rings. The average molecular weight is 573 g/mol. The summed E-state index contributed by atoms with van der Waals surface area (Å²) in [5, 5.41) is 0.737. The molecule has 0 aliphatic rings. The van der Waals surface area contributed by atoms with E-state index in [9.17, 15) is 0 Å². The van der Waals surface area contributed by atoms with Gasteiger partial charge in [-0.05, 0) is 81.4 Å². The van der Waals surface area contributed by atoms with E-state index in [1.165, 1.54) is 11.1 Å². The van der Waals surface area contributed by atoms with Crippen molar-refractivity contribution in [2.24, 2.45) is 0 Å². The van der Waals surface area contributed by atoms with E-state index < -0.39 is 0 Å². The molecule has 0 N–H and O–H groups in total. The molecule has 6 rings (SSSR count). The first-order chi connectivity index (χ1) is 18.7. The maximum Gasteiger partial charge on any atom is 0.0701 e. The summed E-state index contributed by atoms with van der Waals surface area (Å²) in [5.41, 5.74) is 11.1. The Morgan fingerprint density at radius 2 is 0.947 bits per heavy atom. The van der Waals surface area contributed by atoms with Crippen LogP contribution in [0.4, 0.5) is 0 Å². The van der Waals surface area contributed by atoms with Gasteiger partial charge in [0.05, 0.1) is 5.69 Å². The van der Waals surface area contributed by atoms with Crippen molar-refractivity contribution >= 4 is 27.5 Å². The number of benzene rings is 5. The van der Waals surface area contributed by atoms with E-state index in [4.69, 9.17) is 11.6 Å². The van der Waals surface area contributed by atoms with Crippen LogP contribution in [-0.2, 0) is 0 Å². The molecule has 0 radical (unpaired) electrons. The second kappa shape index (κ2) is 10.8. The van der Waals surface area contributed by atoms with Crippen molar-refractivity contribution in [1.82, 2.24) is 4.98 Å². The number of rotatable bonds is 5. The molecule has 3 heteroatoms. The van der Waals surface area contributed by atoms with Gasteiger partial charge in [0.1, 0.15) is 0 Å². The molecular weight excluding hydrogens is 550 g/mol. The van der Waals surface area contributed by atoms with Crippen LogP contribution in [0.2, 0.25) is 5.02 Å². The smallest absolute Gasteiger partial charge is 0.0701 e. The second-order valence-electron chi connectivity index (χ2n) is 9.10.